The lowest BCUT2D eigenvalue weighted by atomic mass is 9.91. The molecule has 0 bridgehead atoms. The minimum absolute atomic E-state index is 0.00471. The number of hydrogen-bond donors (Lipinski definition) is 3. The van der Waals surface area contributed by atoms with Crippen molar-refractivity contribution in [1.82, 2.24) is 10.6 Å². The monoisotopic (exact) mass is 683 g/mol. The number of ether oxygens (including phenoxy) is 2. The van der Waals surface area contributed by atoms with Crippen LogP contribution in [-0.4, -0.2) is 35.3 Å². The van der Waals surface area contributed by atoms with Crippen molar-refractivity contribution in [2.75, 3.05) is 12.3 Å². The molecule has 2 heterocycles. The molecule has 0 radical (unpaired) electrons. The van der Waals surface area contributed by atoms with Gasteiger partial charge in [-0.2, -0.15) is 4.73 Å². The summed E-state index contributed by atoms with van der Waals surface area (Å²) in [5, 5.41) is 28.3. The minimum atomic E-state index is -0.611. The third-order valence-electron chi connectivity index (χ3n) is 8.69. The van der Waals surface area contributed by atoms with E-state index in [1.807, 2.05) is 60.7 Å². The molecule has 2 amide bonds. The van der Waals surface area contributed by atoms with E-state index in [1.54, 1.807) is 6.07 Å². The number of carbonyl (C=O) groups excluding carboxylic acids is 2. The van der Waals surface area contributed by atoms with Crippen LogP contribution in [0.5, 0.6) is 0 Å². The molecule has 3 aromatic carbocycles. The number of benzene rings is 3. The molecule has 1 aliphatic rings. The molecular formula is C39H45N3O6S. The van der Waals surface area contributed by atoms with Gasteiger partial charge in [-0.25, -0.2) is 0 Å². The van der Waals surface area contributed by atoms with E-state index >= 15 is 0 Å². The molecule has 1 fully saturated rings. The van der Waals surface area contributed by atoms with E-state index < -0.39 is 6.29 Å². The molecule has 5 rings (SSSR count). The highest BCUT2D eigenvalue weighted by molar-refractivity contribution is 7.99. The van der Waals surface area contributed by atoms with Crippen molar-refractivity contribution >= 4 is 23.6 Å². The molecule has 258 valence electrons. The van der Waals surface area contributed by atoms with Gasteiger partial charge in [0.2, 0.25) is 11.8 Å². The number of rotatable bonds is 15. The van der Waals surface area contributed by atoms with Gasteiger partial charge in [0.05, 0.1) is 18.8 Å². The average molecular weight is 684 g/mol. The second-order valence-electron chi connectivity index (χ2n) is 12.4. The van der Waals surface area contributed by atoms with E-state index in [-0.39, 0.29) is 36.5 Å². The first-order valence-corrected chi connectivity index (χ1v) is 17.8. The molecule has 49 heavy (non-hydrogen) atoms. The number of unbranched alkanes of at least 4 members (excludes halogenated alkanes) is 2. The predicted octanol–water partition coefficient (Wildman–Crippen LogP) is 6.38. The molecule has 0 saturated carbocycles. The standard InChI is InChI=1S/C39H45N3O6S/c1-27-35(26-49-37-12-5-7-22-42(37)46)47-39(48-38(27)32-15-13-29(25-43)14-16-32)33-19-17-31(18-20-33)34-10-8-9-30(23-34)24-41-36(45)11-4-3-6-21-40-28(2)44/h5,7-10,12-20,22-23,27,35,38-39,43H,3-4,6,11,21,24-26H2,1-2H3,(H,40,44)(H,41,45)/t27-,35+,38+,39+/m0/s1. The Morgan fingerprint density at radius 1 is 0.857 bits per heavy atom. The van der Waals surface area contributed by atoms with Crippen LogP contribution in [0, 0.1) is 11.1 Å². The van der Waals surface area contributed by atoms with E-state index in [4.69, 9.17) is 9.47 Å². The van der Waals surface area contributed by atoms with Crippen molar-refractivity contribution in [2.45, 2.75) is 76.2 Å². The van der Waals surface area contributed by atoms with Crippen LogP contribution in [0.1, 0.15) is 74.2 Å². The lowest BCUT2D eigenvalue weighted by Crippen LogP contribution is -2.39. The maximum Gasteiger partial charge on any atom is 0.251 e. The molecule has 0 unspecified atom stereocenters. The van der Waals surface area contributed by atoms with Gasteiger partial charge in [0.1, 0.15) is 0 Å². The third-order valence-corrected chi connectivity index (χ3v) is 9.80. The number of aromatic nitrogens is 1. The van der Waals surface area contributed by atoms with Crippen molar-refractivity contribution < 1.29 is 28.9 Å². The quantitative estimate of drug-likeness (QED) is 0.0576. The largest absolute Gasteiger partial charge is 0.618 e. The molecule has 0 spiro atoms. The van der Waals surface area contributed by atoms with Crippen molar-refractivity contribution in [1.29, 1.82) is 0 Å². The molecule has 0 aliphatic carbocycles. The molecule has 10 heteroatoms. The highest BCUT2D eigenvalue weighted by Crippen LogP contribution is 2.43. The Morgan fingerprint density at radius 3 is 2.37 bits per heavy atom. The third kappa shape index (κ3) is 10.4. The summed E-state index contributed by atoms with van der Waals surface area (Å²) in [5.41, 5.74) is 5.83. The predicted molar refractivity (Wildman–Crippen MR) is 190 cm³/mol. The highest BCUT2D eigenvalue weighted by atomic mass is 32.2. The fraction of sp³-hybridized carbons (Fsp3) is 0.359. The second-order valence-corrected chi connectivity index (χ2v) is 13.4. The Bertz CT molecular complexity index is 1670. The van der Waals surface area contributed by atoms with Gasteiger partial charge in [0.15, 0.2) is 12.5 Å². The van der Waals surface area contributed by atoms with Crippen molar-refractivity contribution in [3.63, 3.8) is 0 Å². The Morgan fingerprint density at radius 2 is 1.63 bits per heavy atom. The first-order valence-electron chi connectivity index (χ1n) is 16.8. The molecular weight excluding hydrogens is 639 g/mol. The molecule has 3 N–H and O–H groups in total. The number of nitrogens with one attached hydrogen (secondary N) is 2. The Balaban J connectivity index is 1.23. The number of thioether (sulfide) groups is 1. The lowest BCUT2D eigenvalue weighted by molar-refractivity contribution is -0.645. The lowest BCUT2D eigenvalue weighted by Gasteiger charge is -2.41. The summed E-state index contributed by atoms with van der Waals surface area (Å²) in [7, 11) is 0. The summed E-state index contributed by atoms with van der Waals surface area (Å²) in [5.74, 6) is 0.576. The van der Waals surface area contributed by atoms with E-state index in [0.29, 0.717) is 30.3 Å². The normalized spacial score (nSPS) is 18.9. The summed E-state index contributed by atoms with van der Waals surface area (Å²) < 4.78 is 14.0. The smallest absolute Gasteiger partial charge is 0.251 e. The van der Waals surface area contributed by atoms with Gasteiger partial charge in [-0.05, 0) is 52.8 Å². The number of hydrogen-bond acceptors (Lipinski definition) is 7. The first kappa shape index (κ1) is 36.1. The summed E-state index contributed by atoms with van der Waals surface area (Å²) in [6.45, 7) is 4.69. The Labute approximate surface area is 292 Å². The average Bonchev–Trinajstić information content (AvgIpc) is 3.12. The number of pyridine rings is 1. The zero-order valence-corrected chi connectivity index (χ0v) is 28.9. The molecule has 1 aliphatic heterocycles. The van der Waals surface area contributed by atoms with E-state index in [1.165, 1.54) is 24.9 Å². The molecule has 4 atom stereocenters. The van der Waals surface area contributed by atoms with Crippen LogP contribution >= 0.6 is 11.8 Å². The van der Waals surface area contributed by atoms with E-state index in [9.17, 15) is 19.9 Å². The summed E-state index contributed by atoms with van der Waals surface area (Å²) in [6, 6.07) is 29.5. The maximum atomic E-state index is 12.4. The summed E-state index contributed by atoms with van der Waals surface area (Å²) in [4.78, 5) is 23.3. The van der Waals surface area contributed by atoms with Crippen LogP contribution in [0.3, 0.4) is 0 Å². The van der Waals surface area contributed by atoms with Crippen molar-refractivity contribution in [2.24, 2.45) is 5.92 Å². The Hall–Kier alpha value is -4.22. The molecule has 1 saturated heterocycles. The fourth-order valence-corrected chi connectivity index (χ4v) is 6.92. The van der Waals surface area contributed by atoms with Gasteiger partial charge >= 0.3 is 0 Å². The SMILES string of the molecule is CC(=O)NCCCCCC(=O)NCc1cccc(-c2ccc([C@@H]3O[C@H](CSc4cccc[n+]4[O-])[C@H](C)[C@H](c4ccc(CO)cc4)O3)cc2)c1. The summed E-state index contributed by atoms with van der Waals surface area (Å²) in [6.07, 6.45) is 3.45. The highest BCUT2D eigenvalue weighted by Gasteiger charge is 2.38. The molecule has 9 nitrogen and oxygen atoms in total. The number of carbonyl (C=O) groups is 2. The zero-order valence-electron chi connectivity index (χ0n) is 28.0. The van der Waals surface area contributed by atoms with Crippen LogP contribution in [-0.2, 0) is 32.2 Å². The number of amides is 2. The first-order chi connectivity index (χ1) is 23.8. The van der Waals surface area contributed by atoms with Gasteiger partial charge in [0, 0.05) is 55.8 Å². The van der Waals surface area contributed by atoms with E-state index in [2.05, 4.69) is 41.8 Å². The fourth-order valence-electron chi connectivity index (χ4n) is 5.84. The van der Waals surface area contributed by atoms with Gasteiger partial charge in [-0.15, -0.1) is 0 Å². The maximum absolute atomic E-state index is 12.4. The zero-order chi connectivity index (χ0) is 34.6. The molecule has 4 aromatic rings. The topological polar surface area (TPSA) is 124 Å². The van der Waals surface area contributed by atoms with Crippen LogP contribution in [0.25, 0.3) is 11.1 Å². The van der Waals surface area contributed by atoms with Crippen LogP contribution in [0.2, 0.25) is 0 Å². The van der Waals surface area contributed by atoms with Crippen LogP contribution in [0.15, 0.2) is 102 Å². The van der Waals surface area contributed by atoms with Gasteiger partial charge < -0.3 is 30.4 Å². The van der Waals surface area contributed by atoms with Crippen molar-refractivity contribution in [3.8, 4) is 11.1 Å². The van der Waals surface area contributed by atoms with Gasteiger partial charge in [0.25, 0.3) is 5.03 Å². The number of nitrogens with zero attached hydrogens (tertiary/aromatic N) is 1. The van der Waals surface area contributed by atoms with Crippen LogP contribution < -0.4 is 15.4 Å². The number of aliphatic hydroxyl groups excluding tert-OH is 1. The second kappa shape index (κ2) is 18.0. The van der Waals surface area contributed by atoms with Gasteiger partial charge in [-0.3, -0.25) is 9.59 Å². The van der Waals surface area contributed by atoms with Crippen molar-refractivity contribution in [3.05, 3.63) is 125 Å². The summed E-state index contributed by atoms with van der Waals surface area (Å²) >= 11 is 1.47. The Kier molecular flexibility index (Phi) is 13.2. The van der Waals surface area contributed by atoms with Gasteiger partial charge in [-0.1, -0.05) is 91.8 Å². The van der Waals surface area contributed by atoms with Crippen LogP contribution in [0.4, 0.5) is 0 Å². The van der Waals surface area contributed by atoms with E-state index in [0.717, 1.165) is 57.4 Å². The minimum Gasteiger partial charge on any atom is -0.618 e. The number of aliphatic hydroxyl groups is 1. The molecule has 1 aromatic heterocycles.